The molecule has 2 aliphatic rings. The molecule has 1 unspecified atom stereocenters. The first-order chi connectivity index (χ1) is 8.94. The van der Waals surface area contributed by atoms with Crippen molar-refractivity contribution in [2.24, 2.45) is 5.41 Å². The minimum absolute atomic E-state index is 0.150. The van der Waals surface area contributed by atoms with Gasteiger partial charge < -0.3 is 5.21 Å². The van der Waals surface area contributed by atoms with Gasteiger partial charge in [0.25, 0.3) is 0 Å². The van der Waals surface area contributed by atoms with Crippen LogP contribution in [0.15, 0.2) is 24.3 Å². The van der Waals surface area contributed by atoms with Crippen molar-refractivity contribution in [2.45, 2.75) is 43.8 Å². The Morgan fingerprint density at radius 2 is 2.00 bits per heavy atom. The maximum absolute atomic E-state index is 14.4. The van der Waals surface area contributed by atoms with Gasteiger partial charge in [0.15, 0.2) is 0 Å². The molecular formula is C15H19ClFNO. The zero-order valence-corrected chi connectivity index (χ0v) is 11.8. The summed E-state index contributed by atoms with van der Waals surface area (Å²) in [6.07, 6.45) is 3.48. The summed E-state index contributed by atoms with van der Waals surface area (Å²) in [7, 11) is 1.65. The van der Waals surface area contributed by atoms with E-state index in [9.17, 15) is 9.60 Å². The van der Waals surface area contributed by atoms with Crippen LogP contribution in [0.1, 0.15) is 43.7 Å². The van der Waals surface area contributed by atoms with Crippen LogP contribution >= 0.6 is 11.6 Å². The topological polar surface area (TPSA) is 23.5 Å². The summed E-state index contributed by atoms with van der Waals surface area (Å²) in [6.45, 7) is 0. The fourth-order valence-corrected chi connectivity index (χ4v) is 4.39. The molecule has 1 N–H and O–H groups in total. The van der Waals surface area contributed by atoms with Gasteiger partial charge in [-0.2, -0.15) is 5.06 Å². The highest BCUT2D eigenvalue weighted by Crippen LogP contribution is 2.64. The Bertz CT molecular complexity index is 483. The van der Waals surface area contributed by atoms with Crippen LogP contribution in [0, 0.1) is 5.41 Å². The first-order valence-electron chi connectivity index (χ1n) is 6.80. The minimum atomic E-state index is -1.01. The van der Waals surface area contributed by atoms with Gasteiger partial charge in [-0.1, -0.05) is 23.7 Å². The Balaban J connectivity index is 1.99. The number of hydrogen-bond donors (Lipinski definition) is 1. The van der Waals surface area contributed by atoms with Crippen molar-refractivity contribution >= 4 is 11.6 Å². The van der Waals surface area contributed by atoms with E-state index in [0.717, 1.165) is 18.4 Å². The second-order valence-electron chi connectivity index (χ2n) is 6.22. The number of hydroxylamine groups is 2. The molecule has 1 aromatic carbocycles. The molecule has 0 spiro atoms. The molecule has 0 heterocycles. The van der Waals surface area contributed by atoms with E-state index < -0.39 is 5.67 Å². The van der Waals surface area contributed by atoms with Crippen molar-refractivity contribution < 1.29 is 9.60 Å². The van der Waals surface area contributed by atoms with Gasteiger partial charge >= 0.3 is 0 Å². The molecule has 2 nitrogen and oxygen atoms in total. The molecule has 2 bridgehead atoms. The SMILES string of the molecule is CN(O)C(c1cccc(Cl)c1)C12CCC(F)(CC1)C2. The number of fused-ring (bicyclic) bond motifs is 2. The third kappa shape index (κ3) is 2.18. The molecule has 0 saturated heterocycles. The maximum Gasteiger partial charge on any atom is 0.111 e. The number of benzene rings is 1. The van der Waals surface area contributed by atoms with Crippen molar-refractivity contribution in [3.05, 3.63) is 34.9 Å². The summed E-state index contributed by atoms with van der Waals surface area (Å²) in [5.41, 5.74) is -0.181. The Hall–Kier alpha value is -0.640. The van der Waals surface area contributed by atoms with Crippen molar-refractivity contribution in [3.63, 3.8) is 0 Å². The van der Waals surface area contributed by atoms with E-state index in [1.165, 1.54) is 5.06 Å². The molecule has 4 heteroatoms. The molecule has 0 radical (unpaired) electrons. The highest BCUT2D eigenvalue weighted by Gasteiger charge is 2.59. The van der Waals surface area contributed by atoms with Gasteiger partial charge in [0, 0.05) is 12.1 Å². The lowest BCUT2D eigenvalue weighted by atomic mass is 9.74. The van der Waals surface area contributed by atoms with Gasteiger partial charge in [0.05, 0.1) is 6.04 Å². The third-order valence-corrected chi connectivity index (χ3v) is 5.16. The number of halogens is 2. The Morgan fingerprint density at radius 1 is 1.32 bits per heavy atom. The van der Waals surface area contributed by atoms with Gasteiger partial charge in [0.1, 0.15) is 5.67 Å². The second-order valence-corrected chi connectivity index (χ2v) is 6.66. The smallest absolute Gasteiger partial charge is 0.111 e. The summed E-state index contributed by atoms with van der Waals surface area (Å²) in [5.74, 6) is 0. The van der Waals surface area contributed by atoms with Gasteiger partial charge in [-0.25, -0.2) is 4.39 Å². The van der Waals surface area contributed by atoms with Crippen LogP contribution in [0.3, 0.4) is 0 Å². The molecule has 0 aliphatic heterocycles. The quantitative estimate of drug-likeness (QED) is 0.833. The van der Waals surface area contributed by atoms with Gasteiger partial charge in [-0.3, -0.25) is 0 Å². The van der Waals surface area contributed by atoms with Crippen LogP contribution in [0.2, 0.25) is 5.02 Å². The fraction of sp³-hybridized carbons (Fsp3) is 0.600. The highest BCUT2D eigenvalue weighted by molar-refractivity contribution is 6.30. The standard InChI is InChI=1S/C15H19ClFNO/c1-18(19)13(11-3-2-4-12(16)9-11)14-5-7-15(17,10-14)8-6-14/h2-4,9,13,19H,5-8,10H2,1H3. The zero-order valence-electron chi connectivity index (χ0n) is 11.1. The number of hydrogen-bond acceptors (Lipinski definition) is 2. The average Bonchev–Trinajstić information content (AvgIpc) is 2.82. The van der Waals surface area contributed by atoms with Gasteiger partial charge in [-0.05, 0) is 55.2 Å². The monoisotopic (exact) mass is 283 g/mol. The molecule has 0 amide bonds. The zero-order chi connectivity index (χ0) is 13.7. The first kappa shape index (κ1) is 13.3. The van der Waals surface area contributed by atoms with E-state index in [0.29, 0.717) is 24.3 Å². The molecule has 104 valence electrons. The molecule has 0 aromatic heterocycles. The van der Waals surface area contributed by atoms with Crippen LogP contribution < -0.4 is 0 Å². The summed E-state index contributed by atoms with van der Waals surface area (Å²) in [6, 6.07) is 7.38. The molecule has 19 heavy (non-hydrogen) atoms. The second kappa shape index (κ2) is 4.44. The molecule has 2 saturated carbocycles. The van der Waals surface area contributed by atoms with Crippen molar-refractivity contribution in [3.8, 4) is 0 Å². The summed E-state index contributed by atoms with van der Waals surface area (Å²) < 4.78 is 14.4. The molecule has 2 fully saturated rings. The van der Waals surface area contributed by atoms with E-state index in [-0.39, 0.29) is 11.5 Å². The summed E-state index contributed by atoms with van der Waals surface area (Å²) in [4.78, 5) is 0. The highest BCUT2D eigenvalue weighted by atomic mass is 35.5. The Kier molecular flexibility index (Phi) is 3.12. The van der Waals surface area contributed by atoms with E-state index in [1.54, 1.807) is 7.05 Å². The van der Waals surface area contributed by atoms with E-state index >= 15 is 0 Å². The fourth-order valence-electron chi connectivity index (χ4n) is 4.19. The van der Waals surface area contributed by atoms with Crippen molar-refractivity contribution in [1.29, 1.82) is 0 Å². The van der Waals surface area contributed by atoms with Crippen LogP contribution in [-0.2, 0) is 0 Å². The number of alkyl halides is 1. The largest absolute Gasteiger partial charge is 0.314 e. The van der Waals surface area contributed by atoms with Gasteiger partial charge in [-0.15, -0.1) is 0 Å². The van der Waals surface area contributed by atoms with Crippen LogP contribution in [0.5, 0.6) is 0 Å². The first-order valence-corrected chi connectivity index (χ1v) is 7.18. The number of nitrogens with zero attached hydrogens (tertiary/aromatic N) is 1. The van der Waals surface area contributed by atoms with E-state index in [4.69, 9.17) is 11.6 Å². The molecule has 2 aliphatic carbocycles. The lowest BCUT2D eigenvalue weighted by Crippen LogP contribution is -2.35. The predicted octanol–water partition coefficient (Wildman–Crippen LogP) is 4.37. The van der Waals surface area contributed by atoms with Crippen molar-refractivity contribution in [2.75, 3.05) is 7.05 Å². The lowest BCUT2D eigenvalue weighted by molar-refractivity contribution is -0.142. The maximum atomic E-state index is 14.4. The molecule has 1 aromatic rings. The van der Waals surface area contributed by atoms with Crippen LogP contribution in [0.25, 0.3) is 0 Å². The van der Waals surface area contributed by atoms with Crippen LogP contribution in [0.4, 0.5) is 4.39 Å². The third-order valence-electron chi connectivity index (χ3n) is 4.93. The minimum Gasteiger partial charge on any atom is -0.314 e. The Morgan fingerprint density at radius 3 is 2.47 bits per heavy atom. The van der Waals surface area contributed by atoms with E-state index in [2.05, 4.69) is 0 Å². The normalized spacial score (nSPS) is 35.0. The molecule has 1 atom stereocenters. The lowest BCUT2D eigenvalue weighted by Gasteiger charge is -2.39. The van der Waals surface area contributed by atoms with Crippen molar-refractivity contribution in [1.82, 2.24) is 5.06 Å². The summed E-state index contributed by atoms with van der Waals surface area (Å²) in [5, 5.41) is 12.0. The molecule has 3 rings (SSSR count). The number of rotatable bonds is 3. The molecular weight excluding hydrogens is 265 g/mol. The predicted molar refractivity (Wildman–Crippen MR) is 73.1 cm³/mol. The van der Waals surface area contributed by atoms with Crippen LogP contribution in [-0.4, -0.2) is 23.0 Å². The average molecular weight is 284 g/mol. The summed E-state index contributed by atoms with van der Waals surface area (Å²) >= 11 is 6.05. The Labute approximate surface area is 118 Å². The van der Waals surface area contributed by atoms with E-state index in [1.807, 2.05) is 24.3 Å². The van der Waals surface area contributed by atoms with Gasteiger partial charge in [0.2, 0.25) is 0 Å².